The number of carbonyl (C=O) groups is 1. The van der Waals surface area contributed by atoms with Crippen LogP contribution in [0.5, 0.6) is 0 Å². The molecule has 0 bridgehead atoms. The molecule has 0 aromatic heterocycles. The molecule has 0 saturated heterocycles. The zero-order valence-corrected chi connectivity index (χ0v) is 9.47. The molecule has 0 fully saturated rings. The van der Waals surface area contributed by atoms with Gasteiger partial charge in [0, 0.05) is 19.0 Å². The molecular formula is C11H15ClN2O. The Morgan fingerprint density at radius 3 is 2.73 bits per heavy atom. The smallest absolute Gasteiger partial charge is 0.315 e. The van der Waals surface area contributed by atoms with Crippen LogP contribution in [0.25, 0.3) is 0 Å². The third-order valence-corrected chi connectivity index (χ3v) is 2.27. The van der Waals surface area contributed by atoms with Gasteiger partial charge >= 0.3 is 6.03 Å². The van der Waals surface area contributed by atoms with Crippen LogP contribution in [0.1, 0.15) is 11.1 Å². The summed E-state index contributed by atoms with van der Waals surface area (Å²) in [7, 11) is 0. The molecule has 0 heterocycles. The summed E-state index contributed by atoms with van der Waals surface area (Å²) in [5.41, 5.74) is 2.30. The molecular weight excluding hydrogens is 212 g/mol. The van der Waals surface area contributed by atoms with Crippen molar-refractivity contribution in [3.63, 3.8) is 0 Å². The second-order valence-electron chi connectivity index (χ2n) is 3.22. The quantitative estimate of drug-likeness (QED) is 0.758. The van der Waals surface area contributed by atoms with Gasteiger partial charge in [-0.25, -0.2) is 4.79 Å². The second-order valence-corrected chi connectivity index (χ2v) is 3.60. The van der Waals surface area contributed by atoms with Crippen LogP contribution in [0.4, 0.5) is 4.79 Å². The third kappa shape index (κ3) is 4.21. The molecule has 0 saturated carbocycles. The van der Waals surface area contributed by atoms with E-state index in [-0.39, 0.29) is 6.03 Å². The predicted molar refractivity (Wildman–Crippen MR) is 62.1 cm³/mol. The Kier molecular flexibility index (Phi) is 4.98. The number of rotatable bonds is 4. The van der Waals surface area contributed by atoms with Crippen molar-refractivity contribution in [2.24, 2.45) is 0 Å². The van der Waals surface area contributed by atoms with E-state index >= 15 is 0 Å². The van der Waals surface area contributed by atoms with Crippen LogP contribution < -0.4 is 10.6 Å². The summed E-state index contributed by atoms with van der Waals surface area (Å²) >= 11 is 5.45. The normalized spacial score (nSPS) is 9.73. The van der Waals surface area contributed by atoms with Gasteiger partial charge in [-0.1, -0.05) is 24.3 Å². The van der Waals surface area contributed by atoms with Crippen LogP contribution in [-0.4, -0.2) is 18.5 Å². The number of aryl methyl sites for hydroxylation is 1. The van der Waals surface area contributed by atoms with Gasteiger partial charge in [0.1, 0.15) is 0 Å². The predicted octanol–water partition coefficient (Wildman–Crippen LogP) is 2.03. The van der Waals surface area contributed by atoms with Crippen LogP contribution in [0.2, 0.25) is 0 Å². The van der Waals surface area contributed by atoms with Gasteiger partial charge in [-0.05, 0) is 18.1 Å². The number of carbonyl (C=O) groups excluding carboxylic acids is 1. The van der Waals surface area contributed by atoms with Crippen molar-refractivity contribution < 1.29 is 4.79 Å². The topological polar surface area (TPSA) is 41.1 Å². The fourth-order valence-electron chi connectivity index (χ4n) is 1.21. The molecule has 1 aromatic rings. The highest BCUT2D eigenvalue weighted by atomic mass is 35.5. The van der Waals surface area contributed by atoms with E-state index in [9.17, 15) is 4.79 Å². The number of hydrogen-bond donors (Lipinski definition) is 2. The molecule has 2 amide bonds. The van der Waals surface area contributed by atoms with Crippen molar-refractivity contribution >= 4 is 17.6 Å². The molecule has 0 aliphatic rings. The maximum atomic E-state index is 11.2. The summed E-state index contributed by atoms with van der Waals surface area (Å²) in [6.45, 7) is 3.05. The minimum absolute atomic E-state index is 0.182. The monoisotopic (exact) mass is 226 g/mol. The van der Waals surface area contributed by atoms with Crippen molar-refractivity contribution in [1.82, 2.24) is 10.6 Å². The second kappa shape index (κ2) is 6.30. The van der Waals surface area contributed by atoms with Crippen molar-refractivity contribution in [3.05, 3.63) is 35.4 Å². The Labute approximate surface area is 94.8 Å². The van der Waals surface area contributed by atoms with Gasteiger partial charge in [0.15, 0.2) is 0 Å². The standard InChI is InChI=1S/C11H15ClN2O/c1-9-4-2-3-5-10(9)8-14-11(15)13-7-6-12/h2-5H,6-8H2,1H3,(H2,13,14,15). The molecule has 1 rings (SSSR count). The molecule has 0 atom stereocenters. The number of halogens is 1. The average Bonchev–Trinajstić information content (AvgIpc) is 2.25. The SMILES string of the molecule is Cc1ccccc1CNC(=O)NCCCl. The van der Waals surface area contributed by atoms with Crippen molar-refractivity contribution in [3.8, 4) is 0 Å². The number of benzene rings is 1. The Morgan fingerprint density at radius 1 is 1.33 bits per heavy atom. The maximum absolute atomic E-state index is 11.2. The number of hydrogen-bond acceptors (Lipinski definition) is 1. The highest BCUT2D eigenvalue weighted by Crippen LogP contribution is 2.05. The van der Waals surface area contributed by atoms with E-state index in [0.717, 1.165) is 5.56 Å². The van der Waals surface area contributed by atoms with Crippen LogP contribution in [0, 0.1) is 6.92 Å². The highest BCUT2D eigenvalue weighted by Gasteiger charge is 2.00. The van der Waals surface area contributed by atoms with Gasteiger partial charge in [-0.15, -0.1) is 11.6 Å². The number of alkyl halides is 1. The third-order valence-electron chi connectivity index (χ3n) is 2.08. The van der Waals surface area contributed by atoms with Crippen LogP contribution in [-0.2, 0) is 6.54 Å². The van der Waals surface area contributed by atoms with Gasteiger partial charge < -0.3 is 10.6 Å². The van der Waals surface area contributed by atoms with Crippen LogP contribution >= 0.6 is 11.6 Å². The Balaban J connectivity index is 2.37. The summed E-state index contributed by atoms with van der Waals surface area (Å²) in [4.78, 5) is 11.2. The Morgan fingerprint density at radius 2 is 2.07 bits per heavy atom. The number of urea groups is 1. The van der Waals surface area contributed by atoms with Gasteiger partial charge in [0.2, 0.25) is 0 Å². The van der Waals surface area contributed by atoms with E-state index in [0.29, 0.717) is 19.0 Å². The van der Waals surface area contributed by atoms with E-state index in [4.69, 9.17) is 11.6 Å². The lowest BCUT2D eigenvalue weighted by molar-refractivity contribution is 0.241. The van der Waals surface area contributed by atoms with E-state index in [2.05, 4.69) is 10.6 Å². The lowest BCUT2D eigenvalue weighted by atomic mass is 10.1. The van der Waals surface area contributed by atoms with E-state index < -0.39 is 0 Å². The van der Waals surface area contributed by atoms with Crippen LogP contribution in [0.3, 0.4) is 0 Å². The highest BCUT2D eigenvalue weighted by molar-refractivity contribution is 6.18. The van der Waals surface area contributed by atoms with Gasteiger partial charge in [-0.3, -0.25) is 0 Å². The Hall–Kier alpha value is -1.22. The molecule has 82 valence electrons. The molecule has 4 heteroatoms. The van der Waals surface area contributed by atoms with Gasteiger partial charge in [0.25, 0.3) is 0 Å². The average molecular weight is 227 g/mol. The molecule has 0 aliphatic carbocycles. The minimum atomic E-state index is -0.182. The van der Waals surface area contributed by atoms with E-state index in [1.165, 1.54) is 5.56 Å². The zero-order valence-electron chi connectivity index (χ0n) is 8.72. The van der Waals surface area contributed by atoms with Crippen molar-refractivity contribution in [2.75, 3.05) is 12.4 Å². The molecule has 0 aliphatic heterocycles. The zero-order chi connectivity index (χ0) is 11.1. The first-order valence-corrected chi connectivity index (χ1v) is 5.39. The summed E-state index contributed by atoms with van der Waals surface area (Å²) in [6.07, 6.45) is 0. The first kappa shape index (κ1) is 11.9. The molecule has 1 aromatic carbocycles. The minimum Gasteiger partial charge on any atom is -0.337 e. The summed E-state index contributed by atoms with van der Waals surface area (Å²) < 4.78 is 0. The molecule has 0 spiro atoms. The van der Waals surface area contributed by atoms with E-state index in [1.807, 2.05) is 31.2 Å². The largest absolute Gasteiger partial charge is 0.337 e. The molecule has 0 unspecified atom stereocenters. The summed E-state index contributed by atoms with van der Waals surface area (Å²) in [6, 6.07) is 7.77. The maximum Gasteiger partial charge on any atom is 0.315 e. The molecule has 3 nitrogen and oxygen atoms in total. The van der Waals surface area contributed by atoms with E-state index in [1.54, 1.807) is 0 Å². The van der Waals surface area contributed by atoms with Crippen molar-refractivity contribution in [1.29, 1.82) is 0 Å². The molecule has 15 heavy (non-hydrogen) atoms. The van der Waals surface area contributed by atoms with Crippen molar-refractivity contribution in [2.45, 2.75) is 13.5 Å². The number of amides is 2. The first-order chi connectivity index (χ1) is 7.24. The Bertz CT molecular complexity index is 328. The lowest BCUT2D eigenvalue weighted by Gasteiger charge is -2.08. The number of nitrogens with one attached hydrogen (secondary N) is 2. The fourth-order valence-corrected chi connectivity index (χ4v) is 1.30. The van der Waals surface area contributed by atoms with Gasteiger partial charge in [0.05, 0.1) is 0 Å². The van der Waals surface area contributed by atoms with Gasteiger partial charge in [-0.2, -0.15) is 0 Å². The molecule has 2 N–H and O–H groups in total. The first-order valence-electron chi connectivity index (χ1n) is 4.86. The van der Waals surface area contributed by atoms with Crippen LogP contribution in [0.15, 0.2) is 24.3 Å². The lowest BCUT2D eigenvalue weighted by Crippen LogP contribution is -2.36. The summed E-state index contributed by atoms with van der Waals surface area (Å²) in [5, 5.41) is 5.41. The molecule has 0 radical (unpaired) electrons. The summed E-state index contributed by atoms with van der Waals surface area (Å²) in [5.74, 6) is 0.428. The fraction of sp³-hybridized carbons (Fsp3) is 0.364.